The number of rotatable bonds is 2. The van der Waals surface area contributed by atoms with Crippen molar-refractivity contribution in [3.63, 3.8) is 0 Å². The quantitative estimate of drug-likeness (QED) is 0.735. The van der Waals surface area contributed by atoms with Crippen LogP contribution in [0.4, 0.5) is 5.88 Å². The molecule has 21 heavy (non-hydrogen) atoms. The molecule has 0 aliphatic heterocycles. The summed E-state index contributed by atoms with van der Waals surface area (Å²) in [6.07, 6.45) is 0. The van der Waals surface area contributed by atoms with Crippen molar-refractivity contribution in [3.8, 4) is 22.4 Å². The van der Waals surface area contributed by atoms with Gasteiger partial charge in [0.25, 0.3) is 0 Å². The summed E-state index contributed by atoms with van der Waals surface area (Å²) in [6.45, 7) is 4.05. The average molecular weight is 299 g/mol. The van der Waals surface area contributed by atoms with Crippen LogP contribution >= 0.6 is 11.6 Å². The average Bonchev–Trinajstić information content (AvgIpc) is 2.84. The van der Waals surface area contributed by atoms with Crippen LogP contribution in [0.2, 0.25) is 5.02 Å². The zero-order valence-electron chi connectivity index (χ0n) is 11.9. The fourth-order valence-corrected chi connectivity index (χ4v) is 2.51. The number of benzene rings is 2. The first-order valence-electron chi connectivity index (χ1n) is 6.65. The Labute approximate surface area is 128 Å². The van der Waals surface area contributed by atoms with Gasteiger partial charge in [-0.25, -0.2) is 0 Å². The molecule has 3 rings (SSSR count). The first kappa shape index (κ1) is 13.7. The SMILES string of the molecule is Cc1ccc(-c2c(-c3cc(Cl)ccc3C)noc2N)cc1. The summed E-state index contributed by atoms with van der Waals surface area (Å²) in [4.78, 5) is 0. The van der Waals surface area contributed by atoms with E-state index in [-0.39, 0.29) is 0 Å². The van der Waals surface area contributed by atoms with Gasteiger partial charge in [0.2, 0.25) is 5.88 Å². The Bertz CT molecular complexity index is 791. The molecular weight excluding hydrogens is 284 g/mol. The van der Waals surface area contributed by atoms with Gasteiger partial charge in [-0.1, -0.05) is 52.7 Å². The lowest BCUT2D eigenvalue weighted by Crippen LogP contribution is -1.90. The van der Waals surface area contributed by atoms with Crippen molar-refractivity contribution < 1.29 is 4.52 Å². The fraction of sp³-hybridized carbons (Fsp3) is 0.118. The van der Waals surface area contributed by atoms with E-state index in [4.69, 9.17) is 21.9 Å². The third-order valence-corrected chi connectivity index (χ3v) is 3.75. The topological polar surface area (TPSA) is 52.0 Å². The first-order valence-corrected chi connectivity index (χ1v) is 7.03. The molecule has 0 aliphatic carbocycles. The number of aryl methyl sites for hydroxylation is 2. The second-order valence-corrected chi connectivity index (χ2v) is 5.53. The number of halogens is 1. The van der Waals surface area contributed by atoms with Crippen LogP contribution in [0.1, 0.15) is 11.1 Å². The monoisotopic (exact) mass is 298 g/mol. The van der Waals surface area contributed by atoms with Gasteiger partial charge in [0.15, 0.2) is 0 Å². The van der Waals surface area contributed by atoms with E-state index in [0.717, 1.165) is 27.9 Å². The zero-order valence-corrected chi connectivity index (χ0v) is 12.6. The third kappa shape index (κ3) is 2.52. The van der Waals surface area contributed by atoms with Crippen LogP contribution in [0.3, 0.4) is 0 Å². The predicted molar refractivity (Wildman–Crippen MR) is 86.3 cm³/mol. The highest BCUT2D eigenvalue weighted by atomic mass is 35.5. The van der Waals surface area contributed by atoms with Gasteiger partial charge in [-0.3, -0.25) is 0 Å². The summed E-state index contributed by atoms with van der Waals surface area (Å²) in [5, 5.41) is 4.79. The minimum absolute atomic E-state index is 0.313. The van der Waals surface area contributed by atoms with Gasteiger partial charge in [-0.2, -0.15) is 0 Å². The molecular formula is C17H15ClN2O. The molecule has 0 radical (unpaired) electrons. The molecule has 2 N–H and O–H groups in total. The van der Waals surface area contributed by atoms with Crippen LogP contribution in [-0.2, 0) is 0 Å². The van der Waals surface area contributed by atoms with E-state index in [9.17, 15) is 0 Å². The summed E-state index contributed by atoms with van der Waals surface area (Å²) in [7, 11) is 0. The van der Waals surface area contributed by atoms with Gasteiger partial charge in [0, 0.05) is 10.6 Å². The zero-order chi connectivity index (χ0) is 15.0. The molecule has 0 fully saturated rings. The Kier molecular flexibility index (Phi) is 3.43. The molecule has 0 unspecified atom stereocenters. The summed E-state index contributed by atoms with van der Waals surface area (Å²) in [6, 6.07) is 13.8. The van der Waals surface area contributed by atoms with Crippen LogP contribution in [0.15, 0.2) is 47.0 Å². The number of aromatic nitrogens is 1. The van der Waals surface area contributed by atoms with Crippen molar-refractivity contribution >= 4 is 17.5 Å². The number of hydrogen-bond acceptors (Lipinski definition) is 3. The summed E-state index contributed by atoms with van der Waals surface area (Å²) in [5.41, 5.74) is 11.7. The molecule has 0 spiro atoms. The fourth-order valence-electron chi connectivity index (χ4n) is 2.34. The molecule has 0 aliphatic rings. The molecule has 3 nitrogen and oxygen atoms in total. The molecule has 2 aromatic carbocycles. The van der Waals surface area contributed by atoms with Gasteiger partial charge in [0.05, 0.1) is 5.56 Å². The van der Waals surface area contributed by atoms with Crippen molar-refractivity contribution in [2.24, 2.45) is 0 Å². The number of nitrogens with two attached hydrogens (primary N) is 1. The molecule has 106 valence electrons. The maximum absolute atomic E-state index is 6.10. The Hall–Kier alpha value is -2.26. The highest BCUT2D eigenvalue weighted by Crippen LogP contribution is 2.38. The van der Waals surface area contributed by atoms with Crippen molar-refractivity contribution in [1.82, 2.24) is 5.16 Å². The third-order valence-electron chi connectivity index (χ3n) is 3.51. The van der Waals surface area contributed by atoms with E-state index < -0.39 is 0 Å². The van der Waals surface area contributed by atoms with Crippen molar-refractivity contribution in [3.05, 3.63) is 58.6 Å². The van der Waals surface area contributed by atoms with E-state index in [1.54, 1.807) is 0 Å². The summed E-state index contributed by atoms with van der Waals surface area (Å²) >= 11 is 6.10. The van der Waals surface area contributed by atoms with E-state index >= 15 is 0 Å². The van der Waals surface area contributed by atoms with E-state index in [1.165, 1.54) is 5.56 Å². The molecule has 0 bridgehead atoms. The Morgan fingerprint density at radius 3 is 2.48 bits per heavy atom. The number of nitrogen functional groups attached to an aromatic ring is 1. The van der Waals surface area contributed by atoms with Crippen LogP contribution in [0, 0.1) is 13.8 Å². The van der Waals surface area contributed by atoms with Crippen LogP contribution in [0.5, 0.6) is 0 Å². The van der Waals surface area contributed by atoms with Crippen molar-refractivity contribution in [1.29, 1.82) is 0 Å². The molecule has 1 heterocycles. The maximum atomic E-state index is 6.10. The van der Waals surface area contributed by atoms with Gasteiger partial charge >= 0.3 is 0 Å². The lowest BCUT2D eigenvalue weighted by atomic mass is 9.97. The lowest BCUT2D eigenvalue weighted by molar-refractivity contribution is 0.439. The Morgan fingerprint density at radius 1 is 1.05 bits per heavy atom. The van der Waals surface area contributed by atoms with E-state index in [0.29, 0.717) is 10.9 Å². The van der Waals surface area contributed by atoms with E-state index in [1.807, 2.05) is 56.3 Å². The number of nitrogens with zero attached hydrogens (tertiary/aromatic N) is 1. The molecule has 4 heteroatoms. The molecule has 0 atom stereocenters. The molecule has 0 saturated heterocycles. The number of hydrogen-bond donors (Lipinski definition) is 1. The smallest absolute Gasteiger partial charge is 0.230 e. The predicted octanol–water partition coefficient (Wildman–Crippen LogP) is 4.86. The van der Waals surface area contributed by atoms with Crippen LogP contribution in [-0.4, -0.2) is 5.16 Å². The van der Waals surface area contributed by atoms with Crippen LogP contribution < -0.4 is 5.73 Å². The second-order valence-electron chi connectivity index (χ2n) is 5.10. The minimum Gasteiger partial charge on any atom is -0.367 e. The van der Waals surface area contributed by atoms with Crippen LogP contribution in [0.25, 0.3) is 22.4 Å². The normalized spacial score (nSPS) is 10.8. The highest BCUT2D eigenvalue weighted by Gasteiger charge is 2.18. The highest BCUT2D eigenvalue weighted by molar-refractivity contribution is 6.30. The van der Waals surface area contributed by atoms with E-state index in [2.05, 4.69) is 5.16 Å². The molecule has 0 saturated carbocycles. The van der Waals surface area contributed by atoms with Gasteiger partial charge in [-0.15, -0.1) is 0 Å². The number of anilines is 1. The molecule has 1 aromatic heterocycles. The first-order chi connectivity index (χ1) is 10.1. The molecule has 0 amide bonds. The van der Waals surface area contributed by atoms with Crippen molar-refractivity contribution in [2.45, 2.75) is 13.8 Å². The molecule has 3 aromatic rings. The largest absolute Gasteiger partial charge is 0.367 e. The van der Waals surface area contributed by atoms with Gasteiger partial charge in [0.1, 0.15) is 5.69 Å². The maximum Gasteiger partial charge on any atom is 0.230 e. The Balaban J connectivity index is 2.21. The standard InChI is InChI=1S/C17H15ClN2O/c1-10-3-6-12(7-4-10)15-16(20-21-17(15)19)14-9-13(18)8-5-11(14)2/h3-9H,19H2,1-2H3. The Morgan fingerprint density at radius 2 is 1.76 bits per heavy atom. The summed E-state index contributed by atoms with van der Waals surface area (Å²) in [5.74, 6) is 0.313. The van der Waals surface area contributed by atoms with Gasteiger partial charge < -0.3 is 10.3 Å². The second kappa shape index (κ2) is 5.26. The minimum atomic E-state index is 0.313. The van der Waals surface area contributed by atoms with Crippen molar-refractivity contribution in [2.75, 3.05) is 5.73 Å². The summed E-state index contributed by atoms with van der Waals surface area (Å²) < 4.78 is 5.21. The lowest BCUT2D eigenvalue weighted by Gasteiger charge is -2.06. The van der Waals surface area contributed by atoms with Gasteiger partial charge in [-0.05, 0) is 37.1 Å².